The van der Waals surface area contributed by atoms with Gasteiger partial charge in [0.15, 0.2) is 23.8 Å². The Hall–Kier alpha value is -2.70. The van der Waals surface area contributed by atoms with Crippen molar-refractivity contribution in [3.8, 4) is 17.2 Å². The number of amides is 1. The molecule has 7 heteroatoms. The molecule has 1 aromatic carbocycles. The SMILES string of the molecule is O=C(NC1CCCCC1)c1coc(COc2ccc3c(c2)OCO3)n1. The number of aromatic nitrogens is 1. The number of benzene rings is 1. The highest BCUT2D eigenvalue weighted by molar-refractivity contribution is 5.92. The third kappa shape index (κ3) is 3.70. The average molecular weight is 344 g/mol. The van der Waals surface area contributed by atoms with Crippen LogP contribution in [0, 0.1) is 0 Å². The number of carbonyl (C=O) groups excluding carboxylic acids is 1. The zero-order valence-electron chi connectivity index (χ0n) is 13.8. The fraction of sp³-hybridized carbons (Fsp3) is 0.444. The number of hydrogen-bond acceptors (Lipinski definition) is 6. The molecule has 1 amide bonds. The van der Waals surface area contributed by atoms with Gasteiger partial charge in [0, 0.05) is 12.1 Å². The van der Waals surface area contributed by atoms with Crippen molar-refractivity contribution in [1.29, 1.82) is 0 Å². The monoisotopic (exact) mass is 344 g/mol. The van der Waals surface area contributed by atoms with E-state index in [1.54, 1.807) is 18.2 Å². The lowest BCUT2D eigenvalue weighted by atomic mass is 9.95. The molecule has 0 saturated heterocycles. The van der Waals surface area contributed by atoms with Gasteiger partial charge in [0.05, 0.1) is 0 Å². The number of carbonyl (C=O) groups is 1. The first-order valence-corrected chi connectivity index (χ1v) is 8.55. The van der Waals surface area contributed by atoms with Gasteiger partial charge in [0.25, 0.3) is 5.91 Å². The van der Waals surface area contributed by atoms with Gasteiger partial charge in [-0.3, -0.25) is 4.79 Å². The highest BCUT2D eigenvalue weighted by Crippen LogP contribution is 2.35. The van der Waals surface area contributed by atoms with E-state index in [0.717, 1.165) is 12.8 Å². The highest BCUT2D eigenvalue weighted by Gasteiger charge is 2.19. The van der Waals surface area contributed by atoms with Gasteiger partial charge in [0.1, 0.15) is 12.0 Å². The van der Waals surface area contributed by atoms with Crippen LogP contribution in [0.25, 0.3) is 0 Å². The molecule has 0 radical (unpaired) electrons. The minimum atomic E-state index is -0.190. The van der Waals surface area contributed by atoms with E-state index in [-0.39, 0.29) is 31.0 Å². The van der Waals surface area contributed by atoms with Crippen LogP contribution in [0.4, 0.5) is 0 Å². The second-order valence-corrected chi connectivity index (χ2v) is 6.24. The van der Waals surface area contributed by atoms with E-state index in [1.807, 2.05) is 0 Å². The summed E-state index contributed by atoms with van der Waals surface area (Å²) in [6.45, 7) is 0.356. The Labute approximate surface area is 145 Å². The first-order valence-electron chi connectivity index (χ1n) is 8.55. The molecule has 2 heterocycles. The molecule has 0 atom stereocenters. The van der Waals surface area contributed by atoms with Crippen LogP contribution >= 0.6 is 0 Å². The van der Waals surface area contributed by atoms with Gasteiger partial charge in [-0.2, -0.15) is 0 Å². The minimum Gasteiger partial charge on any atom is -0.484 e. The van der Waals surface area contributed by atoms with Crippen molar-refractivity contribution < 1.29 is 23.4 Å². The molecule has 0 spiro atoms. The normalized spacial score (nSPS) is 16.6. The molecule has 1 N–H and O–H groups in total. The summed E-state index contributed by atoms with van der Waals surface area (Å²) in [5.41, 5.74) is 0.287. The van der Waals surface area contributed by atoms with Crippen LogP contribution in [0.2, 0.25) is 0 Å². The third-order valence-electron chi connectivity index (χ3n) is 4.43. The number of rotatable bonds is 5. The number of nitrogens with zero attached hydrogens (tertiary/aromatic N) is 1. The maximum atomic E-state index is 12.2. The van der Waals surface area contributed by atoms with Crippen LogP contribution in [-0.4, -0.2) is 23.7 Å². The number of nitrogens with one attached hydrogen (secondary N) is 1. The van der Waals surface area contributed by atoms with E-state index in [0.29, 0.717) is 23.1 Å². The van der Waals surface area contributed by atoms with E-state index in [1.165, 1.54) is 25.5 Å². The maximum Gasteiger partial charge on any atom is 0.273 e. The van der Waals surface area contributed by atoms with Gasteiger partial charge in [-0.15, -0.1) is 0 Å². The first kappa shape index (κ1) is 15.8. The molecule has 0 unspecified atom stereocenters. The van der Waals surface area contributed by atoms with E-state index >= 15 is 0 Å². The zero-order valence-corrected chi connectivity index (χ0v) is 13.8. The van der Waals surface area contributed by atoms with Crippen LogP contribution in [0.5, 0.6) is 17.2 Å². The van der Waals surface area contributed by atoms with Crippen LogP contribution in [-0.2, 0) is 6.61 Å². The number of hydrogen-bond donors (Lipinski definition) is 1. The molecule has 7 nitrogen and oxygen atoms in total. The summed E-state index contributed by atoms with van der Waals surface area (Å²) in [6, 6.07) is 5.57. The molecule has 0 bridgehead atoms. The van der Waals surface area contributed by atoms with Crippen LogP contribution in [0.3, 0.4) is 0 Å². The second-order valence-electron chi connectivity index (χ2n) is 6.24. The molecule has 1 fully saturated rings. The number of ether oxygens (including phenoxy) is 3. The van der Waals surface area contributed by atoms with Gasteiger partial charge >= 0.3 is 0 Å². The Bertz CT molecular complexity index is 752. The second kappa shape index (κ2) is 7.04. The third-order valence-corrected chi connectivity index (χ3v) is 4.43. The van der Waals surface area contributed by atoms with Crippen molar-refractivity contribution in [2.45, 2.75) is 44.8 Å². The fourth-order valence-corrected chi connectivity index (χ4v) is 3.10. The summed E-state index contributed by atoms with van der Waals surface area (Å²) in [6.07, 6.45) is 7.01. The topological polar surface area (TPSA) is 82.8 Å². The molecule has 1 aliphatic heterocycles. The molecule has 2 aromatic rings. The molecule has 1 aromatic heterocycles. The van der Waals surface area contributed by atoms with Crippen molar-refractivity contribution in [2.75, 3.05) is 6.79 Å². The van der Waals surface area contributed by atoms with Crippen LogP contribution in [0.15, 0.2) is 28.9 Å². The summed E-state index contributed by atoms with van der Waals surface area (Å²) in [7, 11) is 0. The summed E-state index contributed by atoms with van der Waals surface area (Å²) in [4.78, 5) is 16.4. The van der Waals surface area contributed by atoms with Crippen molar-refractivity contribution >= 4 is 5.91 Å². The van der Waals surface area contributed by atoms with Crippen molar-refractivity contribution in [2.24, 2.45) is 0 Å². The van der Waals surface area contributed by atoms with E-state index in [9.17, 15) is 4.79 Å². The number of fused-ring (bicyclic) bond motifs is 1. The molecular weight excluding hydrogens is 324 g/mol. The fourth-order valence-electron chi connectivity index (χ4n) is 3.10. The molecule has 4 rings (SSSR count). The quantitative estimate of drug-likeness (QED) is 0.898. The van der Waals surface area contributed by atoms with Gasteiger partial charge in [-0.05, 0) is 25.0 Å². The van der Waals surface area contributed by atoms with Crippen molar-refractivity contribution in [3.05, 3.63) is 36.0 Å². The van der Waals surface area contributed by atoms with Gasteiger partial charge < -0.3 is 23.9 Å². The predicted molar refractivity (Wildman–Crippen MR) is 87.7 cm³/mol. The summed E-state index contributed by atoms with van der Waals surface area (Å²) in [5, 5.41) is 3.02. The maximum absolute atomic E-state index is 12.2. The molecular formula is C18H20N2O5. The largest absolute Gasteiger partial charge is 0.484 e. The Kier molecular flexibility index (Phi) is 4.45. The Morgan fingerprint density at radius 1 is 1.20 bits per heavy atom. The van der Waals surface area contributed by atoms with Crippen LogP contribution in [0.1, 0.15) is 48.5 Å². The minimum absolute atomic E-state index is 0.135. The summed E-state index contributed by atoms with van der Waals surface area (Å²) in [5.74, 6) is 2.13. The van der Waals surface area contributed by atoms with E-state index in [2.05, 4.69) is 10.3 Å². The molecule has 132 valence electrons. The lowest BCUT2D eigenvalue weighted by Crippen LogP contribution is -2.36. The molecule has 1 saturated carbocycles. The predicted octanol–water partition coefficient (Wildman–Crippen LogP) is 3.04. The van der Waals surface area contributed by atoms with Crippen LogP contribution < -0.4 is 19.5 Å². The van der Waals surface area contributed by atoms with E-state index < -0.39 is 0 Å². The Balaban J connectivity index is 1.32. The molecule has 1 aliphatic carbocycles. The van der Waals surface area contributed by atoms with E-state index in [4.69, 9.17) is 18.6 Å². The van der Waals surface area contributed by atoms with Gasteiger partial charge in [-0.25, -0.2) is 4.98 Å². The smallest absolute Gasteiger partial charge is 0.273 e. The lowest BCUT2D eigenvalue weighted by Gasteiger charge is -2.22. The molecule has 25 heavy (non-hydrogen) atoms. The Morgan fingerprint density at radius 3 is 2.92 bits per heavy atom. The highest BCUT2D eigenvalue weighted by atomic mass is 16.7. The first-order chi connectivity index (χ1) is 12.3. The van der Waals surface area contributed by atoms with Crippen molar-refractivity contribution in [3.63, 3.8) is 0 Å². The summed E-state index contributed by atoms with van der Waals surface area (Å²) < 4.78 is 21.5. The average Bonchev–Trinajstić information content (AvgIpc) is 3.29. The van der Waals surface area contributed by atoms with Crippen molar-refractivity contribution in [1.82, 2.24) is 10.3 Å². The summed E-state index contributed by atoms with van der Waals surface area (Å²) >= 11 is 0. The standard InChI is InChI=1S/C18H20N2O5/c21-18(19-12-4-2-1-3-5-12)14-9-23-17(20-14)10-22-13-6-7-15-16(8-13)25-11-24-15/h6-9,12H,1-5,10-11H2,(H,19,21). The lowest BCUT2D eigenvalue weighted by molar-refractivity contribution is 0.0922. The zero-order chi connectivity index (χ0) is 17.1. The van der Waals surface area contributed by atoms with Gasteiger partial charge in [0.2, 0.25) is 12.7 Å². The Morgan fingerprint density at radius 2 is 2.04 bits per heavy atom. The molecule has 2 aliphatic rings. The number of oxazole rings is 1. The van der Waals surface area contributed by atoms with Gasteiger partial charge in [-0.1, -0.05) is 19.3 Å².